The average molecular weight is 300 g/mol. The molecule has 0 aromatic heterocycles. The molecule has 0 radical (unpaired) electrons. The SMILES string of the molecule is CC#Cc1ccc(C2C(=O)C(C)(C)OC(C)(C)C2O)c(C)c1. The van der Waals surface area contributed by atoms with Crippen molar-refractivity contribution in [1.82, 2.24) is 0 Å². The quantitative estimate of drug-likeness (QED) is 0.811. The van der Waals surface area contributed by atoms with E-state index < -0.39 is 23.2 Å². The smallest absolute Gasteiger partial charge is 0.174 e. The predicted molar refractivity (Wildman–Crippen MR) is 86.7 cm³/mol. The molecule has 3 heteroatoms. The molecule has 1 fully saturated rings. The van der Waals surface area contributed by atoms with Gasteiger partial charge in [0.15, 0.2) is 5.78 Å². The van der Waals surface area contributed by atoms with Crippen molar-refractivity contribution in [1.29, 1.82) is 0 Å². The van der Waals surface area contributed by atoms with E-state index in [-0.39, 0.29) is 5.78 Å². The largest absolute Gasteiger partial charge is 0.389 e. The molecule has 2 atom stereocenters. The van der Waals surface area contributed by atoms with Crippen molar-refractivity contribution in [2.75, 3.05) is 0 Å². The molecule has 1 aliphatic rings. The van der Waals surface area contributed by atoms with Crippen molar-refractivity contribution >= 4 is 5.78 Å². The van der Waals surface area contributed by atoms with Gasteiger partial charge in [-0.05, 0) is 64.8 Å². The highest BCUT2D eigenvalue weighted by Crippen LogP contribution is 2.42. The summed E-state index contributed by atoms with van der Waals surface area (Å²) in [5.74, 6) is 5.21. The highest BCUT2D eigenvalue weighted by molar-refractivity contribution is 5.94. The van der Waals surface area contributed by atoms with Crippen molar-refractivity contribution in [3.05, 3.63) is 34.9 Å². The molecule has 3 nitrogen and oxygen atoms in total. The lowest BCUT2D eigenvalue weighted by Gasteiger charge is -2.47. The standard InChI is InChI=1S/C19H24O3/c1-7-8-13-9-10-14(12(2)11-13)15-16(20)18(3,4)22-19(5,6)17(15)21/h9-11,15-16,20H,1-6H3. The van der Waals surface area contributed by atoms with Crippen LogP contribution in [-0.4, -0.2) is 28.2 Å². The van der Waals surface area contributed by atoms with Gasteiger partial charge in [0.2, 0.25) is 0 Å². The Hall–Kier alpha value is -1.63. The van der Waals surface area contributed by atoms with E-state index in [0.29, 0.717) is 0 Å². The van der Waals surface area contributed by atoms with Gasteiger partial charge in [0.05, 0.1) is 17.6 Å². The van der Waals surface area contributed by atoms with Crippen LogP contribution in [0, 0.1) is 18.8 Å². The first-order chi connectivity index (χ1) is 10.1. The third-order valence-electron chi connectivity index (χ3n) is 4.30. The number of aliphatic hydroxyl groups is 1. The van der Waals surface area contributed by atoms with Gasteiger partial charge in [0, 0.05) is 5.56 Å². The molecule has 1 N–H and O–H groups in total. The number of hydrogen-bond acceptors (Lipinski definition) is 3. The van der Waals surface area contributed by atoms with Crippen LogP contribution in [0.5, 0.6) is 0 Å². The van der Waals surface area contributed by atoms with Crippen LogP contribution in [0.3, 0.4) is 0 Å². The van der Waals surface area contributed by atoms with Gasteiger partial charge in [-0.25, -0.2) is 0 Å². The highest BCUT2D eigenvalue weighted by Gasteiger charge is 2.53. The molecule has 0 amide bonds. The van der Waals surface area contributed by atoms with Crippen LogP contribution in [0.4, 0.5) is 0 Å². The second-order valence-electron chi connectivity index (χ2n) is 6.95. The Kier molecular flexibility index (Phi) is 4.21. The summed E-state index contributed by atoms with van der Waals surface area (Å²) >= 11 is 0. The molecular formula is C19H24O3. The number of hydrogen-bond donors (Lipinski definition) is 1. The minimum atomic E-state index is -0.915. The van der Waals surface area contributed by atoms with Crippen LogP contribution in [0.1, 0.15) is 57.2 Å². The van der Waals surface area contributed by atoms with Crippen molar-refractivity contribution in [3.8, 4) is 11.8 Å². The lowest BCUT2D eigenvalue weighted by molar-refractivity contribution is -0.210. The van der Waals surface area contributed by atoms with E-state index in [1.54, 1.807) is 20.8 Å². The number of aliphatic hydroxyl groups excluding tert-OH is 1. The van der Waals surface area contributed by atoms with Crippen molar-refractivity contribution in [2.45, 2.75) is 64.8 Å². The normalized spacial score (nSPS) is 26.2. The van der Waals surface area contributed by atoms with Gasteiger partial charge in [-0.2, -0.15) is 0 Å². The Labute approximate surface area is 132 Å². The molecule has 1 aromatic carbocycles. The Bertz CT molecular complexity index is 659. The number of ether oxygens (including phenoxy) is 1. The van der Waals surface area contributed by atoms with Crippen LogP contribution in [0.25, 0.3) is 0 Å². The molecule has 2 unspecified atom stereocenters. The number of carbonyl (C=O) groups is 1. The summed E-state index contributed by atoms with van der Waals surface area (Å²) < 4.78 is 5.82. The summed E-state index contributed by atoms with van der Waals surface area (Å²) in [6, 6.07) is 5.76. The van der Waals surface area contributed by atoms with E-state index in [1.165, 1.54) is 0 Å². The molecule has 0 bridgehead atoms. The fourth-order valence-corrected chi connectivity index (χ4v) is 3.25. The minimum absolute atomic E-state index is 0.0863. The van der Waals surface area contributed by atoms with Crippen molar-refractivity contribution in [2.24, 2.45) is 0 Å². The minimum Gasteiger partial charge on any atom is -0.389 e. The first kappa shape index (κ1) is 16.7. The molecule has 22 heavy (non-hydrogen) atoms. The van der Waals surface area contributed by atoms with Crippen molar-refractivity contribution < 1.29 is 14.6 Å². The lowest BCUT2D eigenvalue weighted by atomic mass is 9.73. The third kappa shape index (κ3) is 2.82. The molecule has 1 aliphatic heterocycles. The lowest BCUT2D eigenvalue weighted by Crippen LogP contribution is -2.60. The molecule has 1 aromatic rings. The molecule has 1 heterocycles. The van der Waals surface area contributed by atoms with Gasteiger partial charge in [-0.15, -0.1) is 5.92 Å². The summed E-state index contributed by atoms with van der Waals surface area (Å²) in [5, 5.41) is 10.7. The topological polar surface area (TPSA) is 46.5 Å². The second kappa shape index (κ2) is 5.53. The van der Waals surface area contributed by atoms with Gasteiger partial charge < -0.3 is 9.84 Å². The monoisotopic (exact) mass is 300 g/mol. The number of carbonyl (C=O) groups excluding carboxylic acids is 1. The Balaban J connectivity index is 2.53. The van der Waals surface area contributed by atoms with Crippen LogP contribution in [0.15, 0.2) is 18.2 Å². The summed E-state index contributed by atoms with van der Waals surface area (Å²) in [6.07, 6.45) is -0.880. The maximum Gasteiger partial charge on any atom is 0.174 e. The van der Waals surface area contributed by atoms with E-state index in [1.807, 2.05) is 39.0 Å². The van der Waals surface area contributed by atoms with E-state index in [2.05, 4.69) is 11.8 Å². The predicted octanol–water partition coefficient (Wildman–Crippen LogP) is 2.97. The first-order valence-corrected chi connectivity index (χ1v) is 7.56. The van der Waals surface area contributed by atoms with Gasteiger partial charge in [-0.3, -0.25) is 4.79 Å². The molecule has 118 valence electrons. The highest BCUT2D eigenvalue weighted by atomic mass is 16.5. The molecule has 0 spiro atoms. The number of Topliss-reactive ketones (excluding diaryl/α,β-unsaturated/α-hetero) is 1. The fourth-order valence-electron chi connectivity index (χ4n) is 3.25. The van der Waals surface area contributed by atoms with E-state index in [0.717, 1.165) is 16.7 Å². The maximum atomic E-state index is 12.8. The zero-order valence-electron chi connectivity index (χ0n) is 14.2. The first-order valence-electron chi connectivity index (χ1n) is 7.56. The third-order valence-corrected chi connectivity index (χ3v) is 4.30. The zero-order chi connectivity index (χ0) is 16.7. The van der Waals surface area contributed by atoms with Crippen LogP contribution in [-0.2, 0) is 9.53 Å². The fraction of sp³-hybridized carbons (Fsp3) is 0.526. The maximum absolute atomic E-state index is 12.8. The Morgan fingerprint density at radius 1 is 1.23 bits per heavy atom. The number of aryl methyl sites for hydroxylation is 1. The van der Waals surface area contributed by atoms with Crippen LogP contribution >= 0.6 is 0 Å². The molecule has 0 saturated carbocycles. The summed E-state index contributed by atoms with van der Waals surface area (Å²) in [6.45, 7) is 10.9. The summed E-state index contributed by atoms with van der Waals surface area (Å²) in [4.78, 5) is 12.8. The molecular weight excluding hydrogens is 276 g/mol. The zero-order valence-corrected chi connectivity index (χ0v) is 14.2. The van der Waals surface area contributed by atoms with Gasteiger partial charge in [0.1, 0.15) is 5.60 Å². The number of rotatable bonds is 1. The molecule has 2 rings (SSSR count). The van der Waals surface area contributed by atoms with Gasteiger partial charge >= 0.3 is 0 Å². The van der Waals surface area contributed by atoms with Gasteiger partial charge in [-0.1, -0.05) is 12.0 Å². The van der Waals surface area contributed by atoms with Crippen molar-refractivity contribution in [3.63, 3.8) is 0 Å². The van der Waals surface area contributed by atoms with E-state index in [9.17, 15) is 9.90 Å². The van der Waals surface area contributed by atoms with Gasteiger partial charge in [0.25, 0.3) is 0 Å². The van der Waals surface area contributed by atoms with E-state index >= 15 is 0 Å². The Morgan fingerprint density at radius 3 is 2.41 bits per heavy atom. The molecule has 1 saturated heterocycles. The molecule has 0 aliphatic carbocycles. The number of ketones is 1. The van der Waals surface area contributed by atoms with Crippen LogP contribution < -0.4 is 0 Å². The summed E-state index contributed by atoms with van der Waals surface area (Å²) in [5.41, 5.74) is 1.03. The van der Waals surface area contributed by atoms with E-state index in [4.69, 9.17) is 4.74 Å². The summed E-state index contributed by atoms with van der Waals surface area (Å²) in [7, 11) is 0. The average Bonchev–Trinajstić information content (AvgIpc) is 2.39. The Morgan fingerprint density at radius 2 is 1.86 bits per heavy atom. The number of benzene rings is 1. The second-order valence-corrected chi connectivity index (χ2v) is 6.95. The van der Waals surface area contributed by atoms with Crippen LogP contribution in [0.2, 0.25) is 0 Å².